The number of hydrogen-bond acceptors (Lipinski definition) is 2. The lowest BCUT2D eigenvalue weighted by atomic mass is 9.88. The summed E-state index contributed by atoms with van der Waals surface area (Å²) in [4.78, 5) is 22.7. The smallest absolute Gasteiger partial charge is 0.306 e. The molecule has 2 atom stereocenters. The normalized spacial score (nSPS) is 14.1. The van der Waals surface area contributed by atoms with Crippen LogP contribution in [-0.4, -0.2) is 16.9 Å². The van der Waals surface area contributed by atoms with E-state index in [1.165, 1.54) is 26.0 Å². The minimum atomic E-state index is -1.04. The van der Waals surface area contributed by atoms with Crippen molar-refractivity contribution in [2.24, 2.45) is 11.8 Å². The van der Waals surface area contributed by atoms with Gasteiger partial charge in [0.05, 0.1) is 10.9 Å². The SMILES string of the molecule is CC(C(=O)O)C(C)C(=O)c1ccc(F)c(Cl)c1. The van der Waals surface area contributed by atoms with Crippen molar-refractivity contribution in [3.8, 4) is 0 Å². The highest BCUT2D eigenvalue weighted by Gasteiger charge is 2.26. The lowest BCUT2D eigenvalue weighted by Gasteiger charge is -2.14. The highest BCUT2D eigenvalue weighted by molar-refractivity contribution is 6.31. The first kappa shape index (κ1) is 13.6. The highest BCUT2D eigenvalue weighted by Crippen LogP contribution is 2.21. The topological polar surface area (TPSA) is 54.4 Å². The van der Waals surface area contributed by atoms with E-state index < -0.39 is 23.6 Å². The summed E-state index contributed by atoms with van der Waals surface area (Å²) in [5.74, 6) is -3.50. The van der Waals surface area contributed by atoms with Gasteiger partial charge in [0.15, 0.2) is 5.78 Å². The third-order valence-corrected chi connectivity index (χ3v) is 3.05. The fourth-order valence-electron chi connectivity index (χ4n) is 1.35. The molecule has 0 amide bonds. The van der Waals surface area contributed by atoms with Crippen molar-refractivity contribution in [2.45, 2.75) is 13.8 Å². The second-order valence-electron chi connectivity index (χ2n) is 3.91. The van der Waals surface area contributed by atoms with Gasteiger partial charge in [0.1, 0.15) is 5.82 Å². The van der Waals surface area contributed by atoms with E-state index in [1.807, 2.05) is 0 Å². The minimum absolute atomic E-state index is 0.147. The number of carboxylic acids is 1. The van der Waals surface area contributed by atoms with Crippen LogP contribution in [0.4, 0.5) is 4.39 Å². The summed E-state index contributed by atoms with van der Waals surface area (Å²) in [7, 11) is 0. The van der Waals surface area contributed by atoms with Crippen LogP contribution < -0.4 is 0 Å². The quantitative estimate of drug-likeness (QED) is 0.845. The molecule has 0 aliphatic heterocycles. The summed E-state index contributed by atoms with van der Waals surface area (Å²) in [6.07, 6.45) is 0. The molecular formula is C12H12ClFO3. The predicted molar refractivity (Wildman–Crippen MR) is 61.7 cm³/mol. The van der Waals surface area contributed by atoms with Gasteiger partial charge in [0.25, 0.3) is 0 Å². The first-order valence-corrected chi connectivity index (χ1v) is 5.44. The van der Waals surface area contributed by atoms with Gasteiger partial charge in [-0.1, -0.05) is 25.4 Å². The van der Waals surface area contributed by atoms with Crippen LogP contribution in [0.5, 0.6) is 0 Å². The summed E-state index contributed by atoms with van der Waals surface area (Å²) in [5, 5.41) is 8.66. The van der Waals surface area contributed by atoms with E-state index in [1.54, 1.807) is 0 Å². The number of carbonyl (C=O) groups excluding carboxylic acids is 1. The number of halogens is 2. The summed E-state index contributed by atoms with van der Waals surface area (Å²) < 4.78 is 12.9. The first-order valence-electron chi connectivity index (χ1n) is 5.06. The first-order chi connectivity index (χ1) is 7.84. The third-order valence-electron chi connectivity index (χ3n) is 2.76. The van der Waals surface area contributed by atoms with E-state index in [0.717, 1.165) is 6.07 Å². The molecule has 0 saturated heterocycles. The zero-order chi connectivity index (χ0) is 13.2. The minimum Gasteiger partial charge on any atom is -0.481 e. The van der Waals surface area contributed by atoms with Gasteiger partial charge >= 0.3 is 5.97 Å². The second-order valence-corrected chi connectivity index (χ2v) is 4.32. The monoisotopic (exact) mass is 258 g/mol. The summed E-state index contributed by atoms with van der Waals surface area (Å²) in [5.41, 5.74) is 0.219. The molecule has 0 spiro atoms. The molecule has 0 aromatic heterocycles. The van der Waals surface area contributed by atoms with Crippen molar-refractivity contribution in [3.05, 3.63) is 34.6 Å². The number of rotatable bonds is 4. The highest BCUT2D eigenvalue weighted by atomic mass is 35.5. The Morgan fingerprint density at radius 3 is 2.35 bits per heavy atom. The second kappa shape index (κ2) is 5.27. The zero-order valence-corrected chi connectivity index (χ0v) is 10.2. The molecule has 92 valence electrons. The Balaban J connectivity index is 2.96. The standard InChI is InChI=1S/C12H12ClFO3/c1-6(7(2)12(16)17)11(15)8-3-4-10(14)9(13)5-8/h3-7H,1-2H3,(H,16,17). The lowest BCUT2D eigenvalue weighted by molar-refractivity contribution is -0.142. The van der Waals surface area contributed by atoms with Crippen LogP contribution in [0.2, 0.25) is 5.02 Å². The maximum atomic E-state index is 12.9. The van der Waals surface area contributed by atoms with Gasteiger partial charge in [0, 0.05) is 11.5 Å². The van der Waals surface area contributed by atoms with E-state index in [2.05, 4.69) is 0 Å². The lowest BCUT2D eigenvalue weighted by Crippen LogP contribution is -2.25. The Labute approximate surface area is 103 Å². The maximum absolute atomic E-state index is 12.9. The van der Waals surface area contributed by atoms with Crippen LogP contribution >= 0.6 is 11.6 Å². The summed E-state index contributed by atoms with van der Waals surface area (Å²) in [6, 6.07) is 3.60. The molecule has 0 bridgehead atoms. The number of hydrogen-bond donors (Lipinski definition) is 1. The molecule has 0 heterocycles. The number of carboxylic acid groups (broad SMARTS) is 1. The molecule has 0 saturated carbocycles. The molecule has 2 unspecified atom stereocenters. The zero-order valence-electron chi connectivity index (χ0n) is 9.41. The van der Waals surface area contributed by atoms with Crippen LogP contribution in [0.15, 0.2) is 18.2 Å². The van der Waals surface area contributed by atoms with Crippen molar-refractivity contribution in [3.63, 3.8) is 0 Å². The average molecular weight is 259 g/mol. The van der Waals surface area contributed by atoms with Crippen LogP contribution in [0, 0.1) is 17.7 Å². The van der Waals surface area contributed by atoms with Crippen LogP contribution in [0.3, 0.4) is 0 Å². The van der Waals surface area contributed by atoms with E-state index in [4.69, 9.17) is 16.7 Å². The number of aliphatic carboxylic acids is 1. The van der Waals surface area contributed by atoms with Gasteiger partial charge in [-0.25, -0.2) is 4.39 Å². The van der Waals surface area contributed by atoms with Crippen LogP contribution in [-0.2, 0) is 4.79 Å². The molecule has 0 aliphatic rings. The summed E-state index contributed by atoms with van der Waals surface area (Å²) >= 11 is 5.56. The van der Waals surface area contributed by atoms with Crippen LogP contribution in [0.1, 0.15) is 24.2 Å². The number of carbonyl (C=O) groups is 2. The van der Waals surface area contributed by atoms with E-state index >= 15 is 0 Å². The van der Waals surface area contributed by atoms with Gasteiger partial charge in [-0.05, 0) is 18.2 Å². The fourth-order valence-corrected chi connectivity index (χ4v) is 1.53. The molecule has 1 N–H and O–H groups in total. The van der Waals surface area contributed by atoms with Gasteiger partial charge in [0.2, 0.25) is 0 Å². The Morgan fingerprint density at radius 1 is 1.29 bits per heavy atom. The Kier molecular flexibility index (Phi) is 4.23. The van der Waals surface area contributed by atoms with Crippen molar-refractivity contribution < 1.29 is 19.1 Å². The number of Topliss-reactive ketones (excluding diaryl/α,β-unsaturated/α-hetero) is 1. The van der Waals surface area contributed by atoms with Crippen molar-refractivity contribution in [1.82, 2.24) is 0 Å². The molecule has 17 heavy (non-hydrogen) atoms. The molecule has 0 radical (unpaired) electrons. The largest absolute Gasteiger partial charge is 0.481 e. The number of benzene rings is 1. The van der Waals surface area contributed by atoms with E-state index in [0.29, 0.717) is 0 Å². The van der Waals surface area contributed by atoms with E-state index in [-0.39, 0.29) is 16.4 Å². The molecule has 1 aromatic rings. The third kappa shape index (κ3) is 3.03. The van der Waals surface area contributed by atoms with Crippen LogP contribution in [0.25, 0.3) is 0 Å². The average Bonchev–Trinajstić information content (AvgIpc) is 2.29. The Hall–Kier alpha value is -1.42. The molecule has 1 rings (SSSR count). The van der Waals surface area contributed by atoms with Gasteiger partial charge < -0.3 is 5.11 Å². The van der Waals surface area contributed by atoms with Crippen molar-refractivity contribution in [1.29, 1.82) is 0 Å². The van der Waals surface area contributed by atoms with Gasteiger partial charge in [-0.2, -0.15) is 0 Å². The van der Waals surface area contributed by atoms with Crippen molar-refractivity contribution >= 4 is 23.4 Å². The maximum Gasteiger partial charge on any atom is 0.306 e. The Bertz CT molecular complexity index is 459. The van der Waals surface area contributed by atoms with Gasteiger partial charge in [-0.3, -0.25) is 9.59 Å². The molecular weight excluding hydrogens is 247 g/mol. The molecule has 0 aliphatic carbocycles. The number of ketones is 1. The molecule has 1 aromatic carbocycles. The molecule has 5 heteroatoms. The Morgan fingerprint density at radius 2 is 1.88 bits per heavy atom. The van der Waals surface area contributed by atoms with Crippen molar-refractivity contribution in [2.75, 3.05) is 0 Å². The van der Waals surface area contributed by atoms with E-state index in [9.17, 15) is 14.0 Å². The molecule has 3 nitrogen and oxygen atoms in total. The van der Waals surface area contributed by atoms with Gasteiger partial charge in [-0.15, -0.1) is 0 Å². The predicted octanol–water partition coefficient (Wildman–Crippen LogP) is 3.02. The molecule has 0 fully saturated rings. The fraction of sp³-hybridized carbons (Fsp3) is 0.333. The summed E-state index contributed by atoms with van der Waals surface area (Å²) in [6.45, 7) is 2.98.